The highest BCUT2D eigenvalue weighted by Crippen LogP contribution is 2.11. The number of imidazole rings is 1. The SMILES string of the molecule is CN=C(NCCCc1nc2ccccc2[nH]1)NCCc1cccc(C(=O)NC)c1. The van der Waals surface area contributed by atoms with Crippen molar-refractivity contribution < 1.29 is 4.79 Å². The van der Waals surface area contributed by atoms with Crippen LogP contribution in [0.2, 0.25) is 0 Å². The number of para-hydroxylation sites is 2. The van der Waals surface area contributed by atoms with E-state index in [1.165, 1.54) is 0 Å². The van der Waals surface area contributed by atoms with E-state index in [4.69, 9.17) is 0 Å². The number of aryl methyl sites for hydroxylation is 1. The number of carbonyl (C=O) groups is 1. The number of H-pyrrole nitrogens is 1. The number of aromatic amines is 1. The Morgan fingerprint density at radius 1 is 1.07 bits per heavy atom. The van der Waals surface area contributed by atoms with Gasteiger partial charge in [-0.15, -0.1) is 0 Å². The molecule has 0 bridgehead atoms. The lowest BCUT2D eigenvalue weighted by Gasteiger charge is -2.12. The lowest BCUT2D eigenvalue weighted by molar-refractivity contribution is 0.0963. The summed E-state index contributed by atoms with van der Waals surface area (Å²) in [6.45, 7) is 1.54. The number of carbonyl (C=O) groups excluding carboxylic acids is 1. The van der Waals surface area contributed by atoms with Crippen LogP contribution in [0.3, 0.4) is 0 Å². The number of guanidine groups is 1. The van der Waals surface area contributed by atoms with Crippen molar-refractivity contribution in [1.29, 1.82) is 0 Å². The summed E-state index contributed by atoms with van der Waals surface area (Å²) in [4.78, 5) is 24.0. The molecular formula is C22H28N6O. The van der Waals surface area contributed by atoms with E-state index in [0.29, 0.717) is 5.56 Å². The van der Waals surface area contributed by atoms with E-state index >= 15 is 0 Å². The number of hydrogen-bond acceptors (Lipinski definition) is 3. The predicted molar refractivity (Wildman–Crippen MR) is 117 cm³/mol. The largest absolute Gasteiger partial charge is 0.356 e. The standard InChI is InChI=1S/C22H28N6O/c1-23-21(29)17-8-5-7-16(15-17)12-14-26-22(24-2)25-13-6-11-20-27-18-9-3-4-10-19(18)28-20/h3-5,7-10,15H,6,11-14H2,1-2H3,(H,23,29)(H,27,28)(H2,24,25,26). The average Bonchev–Trinajstić information content (AvgIpc) is 3.18. The number of rotatable bonds is 8. The number of nitrogens with one attached hydrogen (secondary N) is 4. The molecule has 0 saturated heterocycles. The van der Waals surface area contributed by atoms with E-state index in [0.717, 1.165) is 60.7 Å². The molecule has 0 aliphatic rings. The Labute approximate surface area is 171 Å². The molecule has 1 amide bonds. The van der Waals surface area contributed by atoms with Crippen LogP contribution in [0.4, 0.5) is 0 Å². The van der Waals surface area contributed by atoms with Gasteiger partial charge in [-0.25, -0.2) is 4.98 Å². The van der Waals surface area contributed by atoms with Crippen LogP contribution in [0.5, 0.6) is 0 Å². The number of hydrogen-bond donors (Lipinski definition) is 4. The summed E-state index contributed by atoms with van der Waals surface area (Å²) in [6, 6.07) is 15.7. The van der Waals surface area contributed by atoms with Crippen LogP contribution in [0.15, 0.2) is 53.5 Å². The summed E-state index contributed by atoms with van der Waals surface area (Å²) >= 11 is 0. The highest BCUT2D eigenvalue weighted by Gasteiger charge is 2.05. The number of aliphatic imine (C=N–C) groups is 1. The molecule has 4 N–H and O–H groups in total. The minimum Gasteiger partial charge on any atom is -0.356 e. The van der Waals surface area contributed by atoms with Crippen LogP contribution in [0.25, 0.3) is 11.0 Å². The summed E-state index contributed by atoms with van der Waals surface area (Å²) in [5, 5.41) is 9.30. The lowest BCUT2D eigenvalue weighted by atomic mass is 10.1. The van der Waals surface area contributed by atoms with Gasteiger partial charge in [0.05, 0.1) is 11.0 Å². The molecule has 7 nitrogen and oxygen atoms in total. The van der Waals surface area contributed by atoms with Crippen LogP contribution in [-0.2, 0) is 12.8 Å². The zero-order valence-electron chi connectivity index (χ0n) is 17.0. The number of benzene rings is 2. The number of amides is 1. The third kappa shape index (κ3) is 5.81. The van der Waals surface area contributed by atoms with Gasteiger partial charge in [-0.05, 0) is 42.7 Å². The van der Waals surface area contributed by atoms with Gasteiger partial charge in [0.15, 0.2) is 5.96 Å². The third-order valence-corrected chi connectivity index (χ3v) is 4.67. The Morgan fingerprint density at radius 2 is 1.90 bits per heavy atom. The normalized spacial score (nSPS) is 11.4. The van der Waals surface area contributed by atoms with E-state index in [9.17, 15) is 4.79 Å². The molecule has 0 unspecified atom stereocenters. The van der Waals surface area contributed by atoms with Crippen LogP contribution in [0, 0.1) is 0 Å². The molecule has 2 aromatic carbocycles. The van der Waals surface area contributed by atoms with Crippen molar-refractivity contribution >= 4 is 22.9 Å². The van der Waals surface area contributed by atoms with Gasteiger partial charge in [-0.2, -0.15) is 0 Å². The maximum atomic E-state index is 11.7. The van der Waals surface area contributed by atoms with Gasteiger partial charge in [-0.3, -0.25) is 9.79 Å². The molecule has 3 aromatic rings. The maximum absolute atomic E-state index is 11.7. The van der Waals surface area contributed by atoms with Crippen molar-refractivity contribution in [1.82, 2.24) is 25.9 Å². The molecule has 0 fully saturated rings. The van der Waals surface area contributed by atoms with E-state index in [1.54, 1.807) is 14.1 Å². The van der Waals surface area contributed by atoms with Crippen molar-refractivity contribution in [2.45, 2.75) is 19.3 Å². The molecule has 0 aliphatic heterocycles. The first-order chi connectivity index (χ1) is 14.2. The Bertz CT molecular complexity index is 945. The lowest BCUT2D eigenvalue weighted by Crippen LogP contribution is -2.38. The summed E-state index contributed by atoms with van der Waals surface area (Å²) < 4.78 is 0. The summed E-state index contributed by atoms with van der Waals surface area (Å²) in [5.74, 6) is 1.71. The molecular weight excluding hydrogens is 364 g/mol. The molecule has 3 rings (SSSR count). The Kier molecular flexibility index (Phi) is 7.22. The van der Waals surface area contributed by atoms with E-state index < -0.39 is 0 Å². The summed E-state index contributed by atoms with van der Waals surface area (Å²) in [7, 11) is 3.40. The minimum atomic E-state index is -0.0678. The van der Waals surface area contributed by atoms with Crippen molar-refractivity contribution in [2.75, 3.05) is 27.2 Å². The number of aromatic nitrogens is 2. The van der Waals surface area contributed by atoms with Crippen LogP contribution >= 0.6 is 0 Å². The topological polar surface area (TPSA) is 94.2 Å². The Morgan fingerprint density at radius 3 is 2.69 bits per heavy atom. The smallest absolute Gasteiger partial charge is 0.251 e. The zero-order chi connectivity index (χ0) is 20.5. The van der Waals surface area contributed by atoms with Gasteiger partial charge in [0.2, 0.25) is 0 Å². The van der Waals surface area contributed by atoms with Gasteiger partial charge in [0.1, 0.15) is 5.82 Å². The molecule has 1 aromatic heterocycles. The third-order valence-electron chi connectivity index (χ3n) is 4.67. The second-order valence-corrected chi connectivity index (χ2v) is 6.76. The fourth-order valence-electron chi connectivity index (χ4n) is 3.14. The van der Waals surface area contributed by atoms with Crippen LogP contribution < -0.4 is 16.0 Å². The first-order valence-electron chi connectivity index (χ1n) is 9.89. The molecule has 1 heterocycles. The van der Waals surface area contributed by atoms with E-state index in [1.807, 2.05) is 48.5 Å². The summed E-state index contributed by atoms with van der Waals surface area (Å²) in [6.07, 6.45) is 2.64. The van der Waals surface area contributed by atoms with Crippen molar-refractivity contribution in [3.63, 3.8) is 0 Å². The maximum Gasteiger partial charge on any atom is 0.251 e. The average molecular weight is 393 g/mol. The first-order valence-corrected chi connectivity index (χ1v) is 9.89. The second kappa shape index (κ2) is 10.3. The van der Waals surface area contributed by atoms with Gasteiger partial charge in [0.25, 0.3) is 5.91 Å². The van der Waals surface area contributed by atoms with Gasteiger partial charge in [-0.1, -0.05) is 24.3 Å². The van der Waals surface area contributed by atoms with Crippen LogP contribution in [0.1, 0.15) is 28.2 Å². The van der Waals surface area contributed by atoms with E-state index in [-0.39, 0.29) is 5.91 Å². The molecule has 0 saturated carbocycles. The van der Waals surface area contributed by atoms with Crippen molar-refractivity contribution in [2.24, 2.45) is 4.99 Å². The Hall–Kier alpha value is -3.35. The fraction of sp³-hybridized carbons (Fsp3) is 0.318. The fourth-order valence-corrected chi connectivity index (χ4v) is 3.14. The van der Waals surface area contributed by atoms with Gasteiger partial charge in [0, 0.05) is 39.2 Å². The predicted octanol–water partition coefficient (Wildman–Crippen LogP) is 2.26. The van der Waals surface area contributed by atoms with Crippen molar-refractivity contribution in [3.05, 3.63) is 65.5 Å². The van der Waals surface area contributed by atoms with Crippen LogP contribution in [-0.4, -0.2) is 49.0 Å². The Balaban J connectivity index is 1.39. The molecule has 0 atom stereocenters. The molecule has 152 valence electrons. The number of nitrogens with zero attached hydrogens (tertiary/aromatic N) is 2. The highest BCUT2D eigenvalue weighted by atomic mass is 16.1. The number of fused-ring (bicyclic) bond motifs is 1. The van der Waals surface area contributed by atoms with Crippen molar-refractivity contribution in [3.8, 4) is 0 Å². The summed E-state index contributed by atoms with van der Waals surface area (Å²) in [5.41, 5.74) is 3.87. The highest BCUT2D eigenvalue weighted by molar-refractivity contribution is 5.94. The molecule has 0 radical (unpaired) electrons. The molecule has 7 heteroatoms. The second-order valence-electron chi connectivity index (χ2n) is 6.76. The van der Waals surface area contributed by atoms with Gasteiger partial charge >= 0.3 is 0 Å². The minimum absolute atomic E-state index is 0.0678. The zero-order valence-corrected chi connectivity index (χ0v) is 17.0. The first kappa shape index (κ1) is 20.4. The monoisotopic (exact) mass is 392 g/mol. The molecule has 29 heavy (non-hydrogen) atoms. The van der Waals surface area contributed by atoms with Gasteiger partial charge < -0.3 is 20.9 Å². The quantitative estimate of drug-likeness (QED) is 0.269. The molecule has 0 aliphatic carbocycles. The molecule has 0 spiro atoms. The van der Waals surface area contributed by atoms with E-state index in [2.05, 4.69) is 30.9 Å².